The van der Waals surface area contributed by atoms with Gasteiger partial charge in [0.2, 0.25) is 5.91 Å². The maximum absolute atomic E-state index is 13.8. The molecule has 0 saturated carbocycles. The summed E-state index contributed by atoms with van der Waals surface area (Å²) in [7, 11) is 0. The molecular weight excluding hydrogens is 478 g/mol. The molecule has 1 aromatic heterocycles. The fraction of sp³-hybridized carbons (Fsp3) is 0.115. The zero-order chi connectivity index (χ0) is 25.7. The molecule has 0 aliphatic carbocycles. The van der Waals surface area contributed by atoms with Gasteiger partial charge in [-0.05, 0) is 30.3 Å². The molecule has 0 aliphatic rings. The van der Waals surface area contributed by atoms with E-state index in [-0.39, 0.29) is 30.0 Å². The van der Waals surface area contributed by atoms with E-state index in [1.165, 1.54) is 30.5 Å². The molecule has 0 aliphatic heterocycles. The lowest BCUT2D eigenvalue weighted by atomic mass is 10.1. The zero-order valence-corrected chi connectivity index (χ0v) is 18.6. The number of carbonyl (C=O) groups excluding carboxylic acids is 2. The molecular formula is C26H19F4N3O3. The Kier molecular flexibility index (Phi) is 7.14. The van der Waals surface area contributed by atoms with Crippen LogP contribution in [0.1, 0.15) is 28.2 Å². The van der Waals surface area contributed by atoms with Crippen LogP contribution in [0.15, 0.2) is 83.4 Å². The Labute approximate surface area is 203 Å². The van der Waals surface area contributed by atoms with Gasteiger partial charge in [0.05, 0.1) is 23.0 Å². The number of nitrogens with zero attached hydrogens (tertiary/aromatic N) is 1. The van der Waals surface area contributed by atoms with E-state index in [2.05, 4.69) is 15.6 Å². The van der Waals surface area contributed by atoms with Crippen molar-refractivity contribution in [2.24, 2.45) is 0 Å². The number of aryl methyl sites for hydroxylation is 1. The predicted molar refractivity (Wildman–Crippen MR) is 125 cm³/mol. The number of rotatable bonds is 7. The average molecular weight is 497 g/mol. The smallest absolute Gasteiger partial charge is 0.418 e. The summed E-state index contributed by atoms with van der Waals surface area (Å²) >= 11 is 0. The van der Waals surface area contributed by atoms with Gasteiger partial charge in [0, 0.05) is 24.1 Å². The second kappa shape index (κ2) is 10.4. The van der Waals surface area contributed by atoms with Gasteiger partial charge in [0.25, 0.3) is 5.91 Å². The predicted octanol–water partition coefficient (Wildman–Crippen LogP) is 6.32. The molecule has 0 radical (unpaired) electrons. The fourth-order valence-corrected chi connectivity index (χ4v) is 3.40. The number of halogens is 4. The molecule has 0 unspecified atom stereocenters. The first kappa shape index (κ1) is 24.6. The van der Waals surface area contributed by atoms with Crippen LogP contribution in [0.4, 0.5) is 28.9 Å². The van der Waals surface area contributed by atoms with Gasteiger partial charge in [-0.3, -0.25) is 9.59 Å². The lowest BCUT2D eigenvalue weighted by molar-refractivity contribution is -0.136. The molecule has 36 heavy (non-hydrogen) atoms. The van der Waals surface area contributed by atoms with Crippen LogP contribution in [-0.4, -0.2) is 16.8 Å². The number of alkyl halides is 3. The molecule has 0 bridgehead atoms. The maximum Gasteiger partial charge on any atom is 0.418 e. The molecule has 184 valence electrons. The Morgan fingerprint density at radius 1 is 0.917 bits per heavy atom. The van der Waals surface area contributed by atoms with E-state index in [1.54, 1.807) is 0 Å². The van der Waals surface area contributed by atoms with Gasteiger partial charge in [-0.25, -0.2) is 9.37 Å². The largest absolute Gasteiger partial charge is 0.441 e. The Bertz CT molecular complexity index is 1380. The van der Waals surface area contributed by atoms with Crippen molar-refractivity contribution in [2.75, 3.05) is 10.6 Å². The van der Waals surface area contributed by atoms with E-state index >= 15 is 0 Å². The first-order valence-corrected chi connectivity index (χ1v) is 10.8. The van der Waals surface area contributed by atoms with E-state index in [1.807, 2.05) is 30.3 Å². The molecule has 1 heterocycles. The number of nitrogens with one attached hydrogen (secondary N) is 2. The van der Waals surface area contributed by atoms with Crippen LogP contribution in [0.3, 0.4) is 0 Å². The van der Waals surface area contributed by atoms with E-state index in [4.69, 9.17) is 4.42 Å². The van der Waals surface area contributed by atoms with Crippen molar-refractivity contribution in [3.05, 3.63) is 102 Å². The minimum Gasteiger partial charge on any atom is -0.441 e. The van der Waals surface area contributed by atoms with Crippen molar-refractivity contribution in [2.45, 2.75) is 19.0 Å². The van der Waals surface area contributed by atoms with Gasteiger partial charge in [-0.2, -0.15) is 13.2 Å². The Balaban J connectivity index is 1.43. The standard InChI is InChI=1S/C26H19F4N3O3/c27-20-9-5-4-8-18(20)25(35)32-17-10-11-21(19(14-17)26(28,29)30)33-23(34)12-13-24-31-15-22(36-24)16-6-2-1-3-7-16/h1-11,14-15H,12-13H2,(H,32,35)(H,33,34). The first-order chi connectivity index (χ1) is 17.2. The highest BCUT2D eigenvalue weighted by Gasteiger charge is 2.34. The molecule has 6 nitrogen and oxygen atoms in total. The van der Waals surface area contributed by atoms with E-state index < -0.39 is 35.1 Å². The summed E-state index contributed by atoms with van der Waals surface area (Å²) < 4.78 is 60.4. The molecule has 0 fully saturated rings. The summed E-state index contributed by atoms with van der Waals surface area (Å²) in [6.45, 7) is 0. The normalized spacial score (nSPS) is 11.2. The highest BCUT2D eigenvalue weighted by atomic mass is 19.4. The summed E-state index contributed by atoms with van der Waals surface area (Å²) in [5.74, 6) is -1.61. The molecule has 0 saturated heterocycles. The molecule has 4 aromatic rings. The number of oxazole rings is 1. The van der Waals surface area contributed by atoms with Gasteiger partial charge in [0.1, 0.15) is 5.82 Å². The molecule has 10 heteroatoms. The number of benzene rings is 3. The summed E-state index contributed by atoms with van der Waals surface area (Å²) in [5.41, 5.74) is -1.36. The van der Waals surface area contributed by atoms with E-state index in [9.17, 15) is 27.2 Å². The zero-order valence-electron chi connectivity index (χ0n) is 18.6. The van der Waals surface area contributed by atoms with Crippen LogP contribution in [0, 0.1) is 5.82 Å². The molecule has 4 rings (SSSR count). The molecule has 3 aromatic carbocycles. The Hall–Kier alpha value is -4.47. The van der Waals surface area contributed by atoms with Crippen LogP contribution < -0.4 is 10.6 Å². The van der Waals surface area contributed by atoms with Crippen LogP contribution in [0.25, 0.3) is 11.3 Å². The van der Waals surface area contributed by atoms with Crippen molar-refractivity contribution < 1.29 is 31.6 Å². The highest BCUT2D eigenvalue weighted by molar-refractivity contribution is 6.04. The van der Waals surface area contributed by atoms with Crippen molar-refractivity contribution >= 4 is 23.2 Å². The van der Waals surface area contributed by atoms with Crippen molar-refractivity contribution in [1.82, 2.24) is 4.98 Å². The van der Waals surface area contributed by atoms with Gasteiger partial charge < -0.3 is 15.1 Å². The second-order valence-corrected chi connectivity index (χ2v) is 7.72. The number of aromatic nitrogens is 1. The van der Waals surface area contributed by atoms with Crippen LogP contribution in [0.2, 0.25) is 0 Å². The number of amides is 2. The van der Waals surface area contributed by atoms with Crippen LogP contribution in [0.5, 0.6) is 0 Å². The topological polar surface area (TPSA) is 84.2 Å². The van der Waals surface area contributed by atoms with Gasteiger partial charge in [0.15, 0.2) is 11.7 Å². The third-order valence-electron chi connectivity index (χ3n) is 5.15. The highest BCUT2D eigenvalue weighted by Crippen LogP contribution is 2.37. The monoisotopic (exact) mass is 497 g/mol. The van der Waals surface area contributed by atoms with Gasteiger partial charge >= 0.3 is 6.18 Å². The van der Waals surface area contributed by atoms with Crippen molar-refractivity contribution in [3.8, 4) is 11.3 Å². The van der Waals surface area contributed by atoms with Gasteiger partial charge in [-0.15, -0.1) is 0 Å². The van der Waals surface area contributed by atoms with Gasteiger partial charge in [-0.1, -0.05) is 42.5 Å². The summed E-state index contributed by atoms with van der Waals surface area (Å²) in [6, 6.07) is 17.2. The quantitative estimate of drug-likeness (QED) is 0.293. The number of hydrogen-bond acceptors (Lipinski definition) is 4. The fourth-order valence-electron chi connectivity index (χ4n) is 3.40. The summed E-state index contributed by atoms with van der Waals surface area (Å²) in [6.07, 6.45) is -3.40. The average Bonchev–Trinajstić information content (AvgIpc) is 3.33. The Morgan fingerprint density at radius 2 is 1.64 bits per heavy atom. The third-order valence-corrected chi connectivity index (χ3v) is 5.15. The number of anilines is 2. The minimum atomic E-state index is -4.82. The van der Waals surface area contributed by atoms with E-state index in [0.717, 1.165) is 17.7 Å². The molecule has 2 amide bonds. The third kappa shape index (κ3) is 5.96. The Morgan fingerprint density at radius 3 is 2.36 bits per heavy atom. The van der Waals surface area contributed by atoms with Crippen molar-refractivity contribution in [3.63, 3.8) is 0 Å². The molecule has 0 atom stereocenters. The summed E-state index contributed by atoms with van der Waals surface area (Å²) in [4.78, 5) is 28.7. The van der Waals surface area contributed by atoms with Crippen LogP contribution in [-0.2, 0) is 17.4 Å². The molecule has 0 spiro atoms. The first-order valence-electron chi connectivity index (χ1n) is 10.8. The SMILES string of the molecule is O=C(CCc1ncc(-c2ccccc2)o1)Nc1ccc(NC(=O)c2ccccc2F)cc1C(F)(F)F. The number of carbonyl (C=O) groups is 2. The summed E-state index contributed by atoms with van der Waals surface area (Å²) in [5, 5.41) is 4.49. The van der Waals surface area contributed by atoms with E-state index in [0.29, 0.717) is 11.8 Å². The second-order valence-electron chi connectivity index (χ2n) is 7.72. The van der Waals surface area contributed by atoms with Crippen LogP contribution >= 0.6 is 0 Å². The lowest BCUT2D eigenvalue weighted by Crippen LogP contribution is -2.18. The minimum absolute atomic E-state index is 0.0802. The lowest BCUT2D eigenvalue weighted by Gasteiger charge is -2.16. The molecule has 2 N–H and O–H groups in total. The van der Waals surface area contributed by atoms with Crippen molar-refractivity contribution in [1.29, 1.82) is 0 Å². The maximum atomic E-state index is 13.8. The number of hydrogen-bond donors (Lipinski definition) is 2.